The topological polar surface area (TPSA) is 50.5 Å². The third kappa shape index (κ3) is 3.87. The molecular weight excluding hydrogens is 376 g/mol. The van der Waals surface area contributed by atoms with E-state index in [-0.39, 0.29) is 11.2 Å². The number of quaternary nitrogens is 1. The molecule has 3 heterocycles. The lowest BCUT2D eigenvalue weighted by Gasteiger charge is -2.33. The lowest BCUT2D eigenvalue weighted by molar-refractivity contribution is -0.902. The van der Waals surface area contributed by atoms with Crippen LogP contribution in [0.25, 0.3) is 10.2 Å². The van der Waals surface area contributed by atoms with E-state index in [4.69, 9.17) is 9.97 Å². The van der Waals surface area contributed by atoms with E-state index in [9.17, 15) is 4.79 Å². The number of thiophene rings is 1. The van der Waals surface area contributed by atoms with Crippen LogP contribution in [-0.2, 0) is 17.6 Å². The van der Waals surface area contributed by atoms with Crippen LogP contribution in [0.4, 0.5) is 0 Å². The number of hydrogen-bond acceptors (Lipinski definition) is 5. The molecule has 1 saturated heterocycles. The molecule has 0 unspecified atom stereocenters. The summed E-state index contributed by atoms with van der Waals surface area (Å²) in [4.78, 5) is 28.7. The number of carbonyl (C=O) groups excluding carboxylic acids is 1. The van der Waals surface area contributed by atoms with Crippen molar-refractivity contribution in [3.63, 3.8) is 0 Å². The molecule has 1 fully saturated rings. The molecule has 0 radical (unpaired) electrons. The fourth-order valence-corrected chi connectivity index (χ4v) is 6.66. The third-order valence-electron chi connectivity index (χ3n) is 5.81. The van der Waals surface area contributed by atoms with Crippen molar-refractivity contribution in [3.05, 3.63) is 16.3 Å². The van der Waals surface area contributed by atoms with Gasteiger partial charge >= 0.3 is 0 Å². The van der Waals surface area contributed by atoms with Gasteiger partial charge in [0.05, 0.1) is 38.0 Å². The number of aryl methyl sites for hydroxylation is 3. The monoisotopic (exact) mass is 405 g/mol. The fourth-order valence-electron chi connectivity index (χ4n) is 4.18. The fraction of sp³-hybridized carbons (Fsp3) is 0.650. The molecule has 0 aromatic carbocycles. The van der Waals surface area contributed by atoms with Crippen molar-refractivity contribution in [1.82, 2.24) is 14.9 Å². The Bertz CT molecular complexity index is 842. The molecule has 146 valence electrons. The number of aromatic nitrogens is 2. The van der Waals surface area contributed by atoms with Crippen molar-refractivity contribution in [2.24, 2.45) is 0 Å². The second kappa shape index (κ2) is 8.05. The largest absolute Gasteiger partial charge is 0.332 e. The second-order valence-electron chi connectivity index (χ2n) is 7.66. The van der Waals surface area contributed by atoms with Gasteiger partial charge in [0.2, 0.25) is 5.91 Å². The number of likely N-dealkylation sites (N-methyl/N-ethyl adjacent to an activating group) is 1. The third-order valence-corrected chi connectivity index (χ3v) is 8.07. The highest BCUT2D eigenvalue weighted by Gasteiger charge is 2.28. The first-order valence-corrected chi connectivity index (χ1v) is 11.8. The number of rotatable bonds is 4. The molecule has 5 nitrogen and oxygen atoms in total. The Balaban J connectivity index is 1.56. The highest BCUT2D eigenvalue weighted by Crippen LogP contribution is 2.40. The number of fused-ring (bicyclic) bond motifs is 3. The number of nitrogens with zero attached hydrogens (tertiary/aromatic N) is 3. The van der Waals surface area contributed by atoms with Crippen LogP contribution in [0.15, 0.2) is 5.03 Å². The van der Waals surface area contributed by atoms with Gasteiger partial charge in [-0.15, -0.1) is 11.3 Å². The molecule has 1 aliphatic carbocycles. The van der Waals surface area contributed by atoms with Crippen LogP contribution in [0.2, 0.25) is 0 Å². The molecule has 7 heteroatoms. The Morgan fingerprint density at radius 3 is 2.74 bits per heavy atom. The van der Waals surface area contributed by atoms with E-state index in [1.165, 1.54) is 28.7 Å². The van der Waals surface area contributed by atoms with E-state index >= 15 is 0 Å². The van der Waals surface area contributed by atoms with Crippen LogP contribution in [-0.4, -0.2) is 58.7 Å². The maximum absolute atomic E-state index is 13.0. The Labute approximate surface area is 169 Å². The lowest BCUT2D eigenvalue weighted by Crippen LogP contribution is -3.14. The Morgan fingerprint density at radius 2 is 2.00 bits per heavy atom. The average molecular weight is 406 g/mol. The zero-order valence-corrected chi connectivity index (χ0v) is 18.1. The summed E-state index contributed by atoms with van der Waals surface area (Å²) in [5, 5.41) is 2.13. The van der Waals surface area contributed by atoms with Crippen LogP contribution in [0, 0.1) is 6.92 Å². The van der Waals surface area contributed by atoms with Gasteiger partial charge < -0.3 is 9.80 Å². The summed E-state index contributed by atoms with van der Waals surface area (Å²) < 4.78 is 0. The van der Waals surface area contributed by atoms with Crippen LogP contribution in [0.1, 0.15) is 43.0 Å². The Hall–Kier alpha value is -1.18. The molecular formula is C20H29N4OS2+. The van der Waals surface area contributed by atoms with Gasteiger partial charge in [-0.05, 0) is 52.0 Å². The Kier molecular flexibility index (Phi) is 5.71. The summed E-state index contributed by atoms with van der Waals surface area (Å²) in [6.07, 6.45) is 4.81. The number of piperazine rings is 1. The van der Waals surface area contributed by atoms with Gasteiger partial charge in [0.15, 0.2) is 0 Å². The summed E-state index contributed by atoms with van der Waals surface area (Å²) in [5.41, 5.74) is 1.45. The minimum absolute atomic E-state index is 0.107. The maximum atomic E-state index is 13.0. The van der Waals surface area contributed by atoms with Gasteiger partial charge in [0.25, 0.3) is 0 Å². The van der Waals surface area contributed by atoms with Crippen molar-refractivity contribution in [2.45, 2.75) is 56.7 Å². The molecule has 27 heavy (non-hydrogen) atoms. The number of amides is 1. The second-order valence-corrected chi connectivity index (χ2v) is 10.1. The van der Waals surface area contributed by atoms with Crippen LogP contribution in [0.3, 0.4) is 0 Å². The van der Waals surface area contributed by atoms with Gasteiger partial charge in [-0.3, -0.25) is 4.79 Å². The quantitative estimate of drug-likeness (QED) is 0.625. The van der Waals surface area contributed by atoms with Crippen LogP contribution < -0.4 is 4.90 Å². The minimum Gasteiger partial charge on any atom is -0.332 e. The highest BCUT2D eigenvalue weighted by atomic mass is 32.2. The van der Waals surface area contributed by atoms with Crippen LogP contribution >= 0.6 is 23.1 Å². The van der Waals surface area contributed by atoms with Crippen molar-refractivity contribution in [1.29, 1.82) is 0 Å². The van der Waals surface area contributed by atoms with E-state index in [1.807, 2.05) is 30.1 Å². The van der Waals surface area contributed by atoms with Gasteiger partial charge in [-0.2, -0.15) is 0 Å². The zero-order valence-electron chi connectivity index (χ0n) is 16.5. The number of carbonyl (C=O) groups is 1. The van der Waals surface area contributed by atoms with Crippen molar-refractivity contribution in [3.8, 4) is 0 Å². The first-order valence-electron chi connectivity index (χ1n) is 10.1. The number of thioether (sulfide) groups is 1. The van der Waals surface area contributed by atoms with E-state index in [0.717, 1.165) is 61.2 Å². The minimum atomic E-state index is -0.107. The predicted octanol–water partition coefficient (Wildman–Crippen LogP) is 2.11. The van der Waals surface area contributed by atoms with Gasteiger partial charge in [-0.25, -0.2) is 9.97 Å². The molecule has 2 aliphatic rings. The van der Waals surface area contributed by atoms with Gasteiger partial charge in [0.1, 0.15) is 15.7 Å². The van der Waals surface area contributed by atoms with Crippen molar-refractivity contribution >= 4 is 39.2 Å². The van der Waals surface area contributed by atoms with Gasteiger partial charge in [-0.1, -0.05) is 11.8 Å². The average Bonchev–Trinajstić information content (AvgIpc) is 3.05. The van der Waals surface area contributed by atoms with Crippen LogP contribution in [0.5, 0.6) is 0 Å². The standard InChI is InChI=1S/C20H28N4OS2/c1-4-23-9-11-24(12-10-23)20(25)13(2)26-18-17-15-7-5-6-8-16(15)27-19(17)22-14(3)21-18/h13H,4-12H2,1-3H3/p+1/t13-/m0/s1. The smallest absolute Gasteiger partial charge is 0.236 e. The summed E-state index contributed by atoms with van der Waals surface area (Å²) in [5.74, 6) is 1.06. The lowest BCUT2D eigenvalue weighted by atomic mass is 9.97. The van der Waals surface area contributed by atoms with Crippen molar-refractivity contribution < 1.29 is 9.69 Å². The first kappa shape index (κ1) is 19.2. The van der Waals surface area contributed by atoms with E-state index in [2.05, 4.69) is 6.92 Å². The maximum Gasteiger partial charge on any atom is 0.236 e. The molecule has 0 bridgehead atoms. The van der Waals surface area contributed by atoms with Crippen molar-refractivity contribution in [2.75, 3.05) is 32.7 Å². The SMILES string of the molecule is CC[NH+]1CCN(C(=O)[C@H](C)Sc2nc(C)nc3sc4c(c23)CCCC4)CC1. The number of nitrogens with one attached hydrogen (secondary N) is 1. The van der Waals surface area contributed by atoms with E-state index < -0.39 is 0 Å². The molecule has 0 spiro atoms. The first-order chi connectivity index (χ1) is 13.1. The molecule has 1 N–H and O–H groups in total. The summed E-state index contributed by atoms with van der Waals surface area (Å²) in [7, 11) is 0. The summed E-state index contributed by atoms with van der Waals surface area (Å²) in [6.45, 7) is 11.2. The number of hydrogen-bond donors (Lipinski definition) is 1. The predicted molar refractivity (Wildman–Crippen MR) is 112 cm³/mol. The molecule has 2 aromatic heterocycles. The molecule has 1 aliphatic heterocycles. The van der Waals surface area contributed by atoms with Gasteiger partial charge in [0, 0.05) is 10.3 Å². The molecule has 4 rings (SSSR count). The normalized spacial score (nSPS) is 19.3. The Morgan fingerprint density at radius 1 is 1.26 bits per heavy atom. The molecule has 0 saturated carbocycles. The van der Waals surface area contributed by atoms with E-state index in [0.29, 0.717) is 0 Å². The molecule has 1 amide bonds. The molecule has 1 atom stereocenters. The highest BCUT2D eigenvalue weighted by molar-refractivity contribution is 8.00. The summed E-state index contributed by atoms with van der Waals surface area (Å²) >= 11 is 3.46. The summed E-state index contributed by atoms with van der Waals surface area (Å²) in [6, 6.07) is 0. The van der Waals surface area contributed by atoms with E-state index in [1.54, 1.807) is 16.7 Å². The zero-order chi connectivity index (χ0) is 19.0. The molecule has 2 aromatic rings.